The van der Waals surface area contributed by atoms with Crippen LogP contribution in [0.2, 0.25) is 0 Å². The average Bonchev–Trinajstić information content (AvgIpc) is 3.95. The van der Waals surface area contributed by atoms with Crippen molar-refractivity contribution >= 4 is 87.6 Å². The quantitative estimate of drug-likeness (QED) is 0.0872. The highest BCUT2D eigenvalue weighted by molar-refractivity contribution is 7.23. The van der Waals surface area contributed by atoms with E-state index < -0.39 is 0 Å². The number of fused-ring (bicyclic) bond motifs is 4. The molecule has 0 atom stereocenters. The summed E-state index contributed by atoms with van der Waals surface area (Å²) < 4.78 is 2.26. The summed E-state index contributed by atoms with van der Waals surface area (Å²) in [5.74, 6) is 0.123. The van der Waals surface area contributed by atoms with E-state index in [0.717, 1.165) is 110 Å². The van der Waals surface area contributed by atoms with E-state index in [0.29, 0.717) is 38.0 Å². The highest BCUT2D eigenvalue weighted by Crippen LogP contribution is 2.47. The third kappa shape index (κ3) is 8.42. The van der Waals surface area contributed by atoms with Crippen LogP contribution in [0.5, 0.6) is 0 Å². The molecule has 0 aromatic carbocycles. The normalized spacial score (nSPS) is 16.7. The first-order valence-electron chi connectivity index (χ1n) is 19.4. The molecule has 56 heavy (non-hydrogen) atoms. The summed E-state index contributed by atoms with van der Waals surface area (Å²) in [5.41, 5.74) is 6.79. The molecule has 0 spiro atoms. The Morgan fingerprint density at radius 1 is 0.661 bits per heavy atom. The van der Waals surface area contributed by atoms with E-state index in [1.807, 2.05) is 18.3 Å². The number of thiophene rings is 2. The summed E-state index contributed by atoms with van der Waals surface area (Å²) in [6.45, 7) is 7.19. The molecule has 2 amide bonds. The van der Waals surface area contributed by atoms with Gasteiger partial charge in [0.25, 0.3) is 0 Å². The number of carbonyl (C=O) groups is 2. The molecule has 6 aromatic heterocycles. The Morgan fingerprint density at radius 2 is 1.20 bits per heavy atom. The molecule has 1 aliphatic carbocycles. The first kappa shape index (κ1) is 37.8. The first-order valence-corrected chi connectivity index (χ1v) is 22.7. The smallest absolute Gasteiger partial charge is 0.226 e. The van der Waals surface area contributed by atoms with Gasteiger partial charge in [-0.15, -0.1) is 45.3 Å². The molecule has 10 rings (SSSR count). The lowest BCUT2D eigenvalue weighted by Crippen LogP contribution is -2.55. The van der Waals surface area contributed by atoms with E-state index in [9.17, 15) is 9.59 Å². The molecule has 0 bridgehead atoms. The summed E-state index contributed by atoms with van der Waals surface area (Å²) in [4.78, 5) is 45.9. The van der Waals surface area contributed by atoms with Gasteiger partial charge in [-0.3, -0.25) is 19.6 Å². The van der Waals surface area contributed by atoms with Crippen molar-refractivity contribution in [2.24, 2.45) is 0 Å². The van der Waals surface area contributed by atoms with Gasteiger partial charge in [0, 0.05) is 104 Å². The Morgan fingerprint density at radius 3 is 1.73 bits per heavy atom. The third-order valence-electron chi connectivity index (χ3n) is 10.5. The van der Waals surface area contributed by atoms with Gasteiger partial charge in [0.15, 0.2) is 0 Å². The molecule has 7 N–H and O–H groups in total. The first-order chi connectivity index (χ1) is 27.6. The second kappa shape index (κ2) is 17.4. The lowest BCUT2D eigenvalue weighted by molar-refractivity contribution is -0.117. The highest BCUT2D eigenvalue weighted by atomic mass is 32.1. The predicted octanol–water partition coefficient (Wildman–Crippen LogP) is 5.14. The fourth-order valence-corrected chi connectivity index (χ4v) is 12.0. The SMILES string of the molecule is O=C(CCNC1CNC1)Nc1sc2c(c1-c1nc3cnccc3s1)CCCC2.O=C(CCNC1CNC1)Nc1sc2c(c1-c1nc3cnccc3s1)CCNC2. The molecule has 13 nitrogen and oxygen atoms in total. The van der Waals surface area contributed by atoms with E-state index in [1.165, 1.54) is 33.7 Å². The van der Waals surface area contributed by atoms with Crippen LogP contribution in [0.4, 0.5) is 10.0 Å². The van der Waals surface area contributed by atoms with Gasteiger partial charge in [-0.25, -0.2) is 9.97 Å². The van der Waals surface area contributed by atoms with Crippen molar-refractivity contribution in [2.75, 3.05) is 56.4 Å². The van der Waals surface area contributed by atoms with Crippen LogP contribution in [0.15, 0.2) is 36.9 Å². The maximum Gasteiger partial charge on any atom is 0.226 e. The number of anilines is 2. The number of pyridine rings is 2. The zero-order chi connectivity index (χ0) is 37.8. The van der Waals surface area contributed by atoms with E-state index in [1.54, 1.807) is 63.9 Å². The van der Waals surface area contributed by atoms with Crippen LogP contribution in [0, 0.1) is 0 Å². The number of rotatable bonds is 12. The summed E-state index contributed by atoms with van der Waals surface area (Å²) >= 11 is 6.77. The number of aryl methyl sites for hydroxylation is 1. The zero-order valence-electron chi connectivity index (χ0n) is 31.0. The Kier molecular flexibility index (Phi) is 11.7. The van der Waals surface area contributed by atoms with Crippen molar-refractivity contribution in [1.29, 1.82) is 0 Å². The second-order valence-electron chi connectivity index (χ2n) is 14.5. The van der Waals surface area contributed by atoms with Crippen LogP contribution in [0.25, 0.3) is 41.6 Å². The minimum Gasteiger partial charge on any atom is -0.317 e. The molecule has 292 valence electrons. The van der Waals surface area contributed by atoms with E-state index in [2.05, 4.69) is 47.2 Å². The Bertz CT molecular complexity index is 2110. The van der Waals surface area contributed by atoms with Gasteiger partial charge >= 0.3 is 0 Å². The third-order valence-corrected chi connectivity index (χ3v) is 15.0. The van der Waals surface area contributed by atoms with E-state index in [-0.39, 0.29) is 11.8 Å². The van der Waals surface area contributed by atoms with Crippen LogP contribution in [-0.2, 0) is 35.4 Å². The zero-order valence-corrected chi connectivity index (χ0v) is 34.2. The van der Waals surface area contributed by atoms with Crippen molar-refractivity contribution in [1.82, 2.24) is 46.5 Å². The monoisotopic (exact) mass is 827 g/mol. The molecule has 2 saturated heterocycles. The maximum atomic E-state index is 12.6. The predicted molar refractivity (Wildman–Crippen MR) is 229 cm³/mol. The van der Waals surface area contributed by atoms with Crippen LogP contribution in [0.3, 0.4) is 0 Å². The van der Waals surface area contributed by atoms with E-state index >= 15 is 0 Å². The van der Waals surface area contributed by atoms with Crippen molar-refractivity contribution in [3.63, 3.8) is 0 Å². The summed E-state index contributed by atoms with van der Waals surface area (Å²) in [7, 11) is 0. The number of amides is 2. The van der Waals surface area contributed by atoms with Crippen molar-refractivity contribution in [2.45, 2.75) is 63.6 Å². The molecule has 9 heterocycles. The second-order valence-corrected chi connectivity index (χ2v) is 18.8. The average molecular weight is 828 g/mol. The lowest BCUT2D eigenvalue weighted by Gasteiger charge is -2.27. The number of hydrogen-bond donors (Lipinski definition) is 7. The fraction of sp³-hybridized carbons (Fsp3) is 0.436. The van der Waals surface area contributed by atoms with Crippen molar-refractivity contribution in [3.05, 3.63) is 57.8 Å². The molecule has 17 heteroatoms. The molecule has 0 saturated carbocycles. The molecule has 0 radical (unpaired) electrons. The summed E-state index contributed by atoms with van der Waals surface area (Å²) in [5, 5.41) is 26.9. The number of nitrogens with one attached hydrogen (secondary N) is 7. The number of carbonyl (C=O) groups excluding carboxylic acids is 2. The van der Waals surface area contributed by atoms with Crippen LogP contribution >= 0.6 is 45.3 Å². The molecule has 3 aliphatic heterocycles. The molecular weight excluding hydrogens is 783 g/mol. The molecule has 2 fully saturated rings. The van der Waals surface area contributed by atoms with E-state index in [4.69, 9.17) is 9.97 Å². The van der Waals surface area contributed by atoms with Crippen molar-refractivity contribution < 1.29 is 9.59 Å². The topological polar surface area (TPSA) is 170 Å². The fourth-order valence-electron chi connectivity index (χ4n) is 7.33. The van der Waals surface area contributed by atoms with Gasteiger partial charge in [-0.2, -0.15) is 0 Å². The maximum absolute atomic E-state index is 12.6. The molecule has 0 unspecified atom stereocenters. The van der Waals surface area contributed by atoms with Gasteiger partial charge in [0.05, 0.1) is 21.8 Å². The lowest BCUT2D eigenvalue weighted by atomic mass is 9.96. The minimum absolute atomic E-state index is 0.0513. The number of thiazole rings is 2. The minimum atomic E-state index is 0.0513. The van der Waals surface area contributed by atoms with Gasteiger partial charge in [-0.05, 0) is 61.9 Å². The van der Waals surface area contributed by atoms with Gasteiger partial charge in [0.1, 0.15) is 31.1 Å². The Balaban J connectivity index is 0.000000146. The van der Waals surface area contributed by atoms with Crippen LogP contribution < -0.4 is 37.2 Å². The summed E-state index contributed by atoms with van der Waals surface area (Å²) in [6, 6.07) is 5.01. The van der Waals surface area contributed by atoms with Gasteiger partial charge in [-0.1, -0.05) is 0 Å². The number of aromatic nitrogens is 4. The molecule has 6 aromatic rings. The summed E-state index contributed by atoms with van der Waals surface area (Å²) in [6.07, 6.45) is 13.7. The molecular formula is C39H45N11O2S4. The van der Waals surface area contributed by atoms with Crippen molar-refractivity contribution in [3.8, 4) is 21.1 Å². The Hall–Kier alpha value is -3.78. The molecule has 4 aliphatic rings. The number of nitrogens with zero attached hydrogens (tertiary/aromatic N) is 4. The van der Waals surface area contributed by atoms with Gasteiger partial charge in [0.2, 0.25) is 11.8 Å². The highest BCUT2D eigenvalue weighted by Gasteiger charge is 2.27. The standard InChI is InChI=1S/C20H23N5OS2.C19H22N6OS2/c26-17(6-8-23-12-9-22-10-12)25-20-18(13-3-1-2-4-15(13)27-20)19-24-14-11-21-7-5-16(14)28-19;26-16(3-6-23-11-7-22-8-11)25-19-17(12-1-4-21-10-15(12)28-19)18-24-13-9-20-5-2-14(13)27-18/h5,7,11-12,22-23H,1-4,6,8-10H2,(H,25,26);2,5,9,11,21-23H,1,3-4,6-8,10H2,(H,25,26). The largest absolute Gasteiger partial charge is 0.317 e. The van der Waals surface area contributed by atoms with Crippen LogP contribution in [-0.4, -0.2) is 89.6 Å². The number of hydrogen-bond acceptors (Lipinski definition) is 15. The Labute approximate surface area is 340 Å². The van der Waals surface area contributed by atoms with Crippen LogP contribution in [0.1, 0.15) is 46.6 Å². The van der Waals surface area contributed by atoms with Gasteiger partial charge < -0.3 is 37.2 Å².